The van der Waals surface area contributed by atoms with E-state index in [1.54, 1.807) is 0 Å². The van der Waals surface area contributed by atoms with E-state index in [-0.39, 0.29) is 5.97 Å². The Morgan fingerprint density at radius 2 is 1.75 bits per heavy atom. The van der Waals surface area contributed by atoms with E-state index in [1.165, 1.54) is 0 Å². The summed E-state index contributed by atoms with van der Waals surface area (Å²) in [5.74, 6) is 0.755. The summed E-state index contributed by atoms with van der Waals surface area (Å²) in [5.41, 5.74) is 6.98. The van der Waals surface area contributed by atoms with Crippen LogP contribution < -0.4 is 10.5 Å². The van der Waals surface area contributed by atoms with Gasteiger partial charge in [0.25, 0.3) is 0 Å². The lowest BCUT2D eigenvalue weighted by Crippen LogP contribution is -2.48. The molecule has 1 heterocycles. The van der Waals surface area contributed by atoms with Crippen LogP contribution in [0, 0.1) is 0 Å². The van der Waals surface area contributed by atoms with Gasteiger partial charge in [0, 0.05) is 12.2 Å². The third kappa shape index (κ3) is 4.84. The molecule has 0 atom stereocenters. The van der Waals surface area contributed by atoms with Gasteiger partial charge in [0.05, 0.1) is 18.6 Å². The van der Waals surface area contributed by atoms with Crippen molar-refractivity contribution in [3.8, 4) is 5.75 Å². The first-order valence-electron chi connectivity index (χ1n) is 10.1. The number of carbonyl (C=O) groups excluding carboxylic acids is 1. The van der Waals surface area contributed by atoms with Crippen molar-refractivity contribution in [1.82, 2.24) is 4.90 Å². The molecule has 0 bridgehead atoms. The molecule has 1 fully saturated rings. The number of ether oxygens (including phenoxy) is 2. The molecule has 3 rings (SSSR count). The third-order valence-corrected chi connectivity index (χ3v) is 5.47. The van der Waals surface area contributed by atoms with Gasteiger partial charge in [0.2, 0.25) is 0 Å². The van der Waals surface area contributed by atoms with Gasteiger partial charge in [-0.3, -0.25) is 4.79 Å². The Bertz CT molecular complexity index is 738. The summed E-state index contributed by atoms with van der Waals surface area (Å²) < 4.78 is 11.2. The number of rotatable bonds is 8. The summed E-state index contributed by atoms with van der Waals surface area (Å²) in [4.78, 5) is 15.2. The minimum absolute atomic E-state index is 0.0902. The molecule has 2 aromatic carbocycles. The van der Waals surface area contributed by atoms with E-state index in [2.05, 4.69) is 4.90 Å². The average molecular weight is 383 g/mol. The fraction of sp³-hybridized carbons (Fsp3) is 0.435. The highest BCUT2D eigenvalue weighted by molar-refractivity contribution is 5.83. The van der Waals surface area contributed by atoms with Crippen LogP contribution in [0.1, 0.15) is 31.7 Å². The zero-order valence-electron chi connectivity index (χ0n) is 16.6. The van der Waals surface area contributed by atoms with E-state index in [0.29, 0.717) is 13.2 Å². The fourth-order valence-corrected chi connectivity index (χ4v) is 3.84. The quantitative estimate of drug-likeness (QED) is 0.429. The number of hydrogen-bond donors (Lipinski definition) is 1. The molecule has 1 saturated heterocycles. The van der Waals surface area contributed by atoms with Crippen LogP contribution in [0.2, 0.25) is 0 Å². The van der Waals surface area contributed by atoms with Crippen LogP contribution in [0.4, 0.5) is 5.69 Å². The van der Waals surface area contributed by atoms with Crippen molar-refractivity contribution in [3.05, 3.63) is 60.2 Å². The molecule has 5 nitrogen and oxygen atoms in total. The maximum absolute atomic E-state index is 12.8. The maximum Gasteiger partial charge on any atom is 0.316 e. The number of nitrogens with zero attached hydrogens (tertiary/aromatic N) is 1. The zero-order valence-corrected chi connectivity index (χ0v) is 16.6. The molecule has 1 aliphatic heterocycles. The van der Waals surface area contributed by atoms with E-state index in [4.69, 9.17) is 15.2 Å². The molecule has 28 heavy (non-hydrogen) atoms. The highest BCUT2D eigenvalue weighted by atomic mass is 16.5. The van der Waals surface area contributed by atoms with Gasteiger partial charge < -0.3 is 20.1 Å². The zero-order chi connectivity index (χ0) is 19.8. The van der Waals surface area contributed by atoms with Gasteiger partial charge in [-0.15, -0.1) is 0 Å². The third-order valence-electron chi connectivity index (χ3n) is 5.47. The maximum atomic E-state index is 12.8. The predicted molar refractivity (Wildman–Crippen MR) is 111 cm³/mol. The van der Waals surface area contributed by atoms with E-state index < -0.39 is 5.41 Å². The van der Waals surface area contributed by atoms with Crippen LogP contribution in [-0.4, -0.2) is 43.7 Å². The van der Waals surface area contributed by atoms with Crippen LogP contribution in [-0.2, 0) is 14.9 Å². The van der Waals surface area contributed by atoms with Crippen LogP contribution in [0.25, 0.3) is 0 Å². The number of esters is 1. The molecular weight excluding hydrogens is 352 g/mol. The number of carbonyl (C=O) groups is 1. The molecule has 0 spiro atoms. The molecule has 5 heteroatoms. The van der Waals surface area contributed by atoms with Gasteiger partial charge in [0.15, 0.2) is 0 Å². The highest BCUT2D eigenvalue weighted by Gasteiger charge is 2.43. The molecule has 0 amide bonds. The Labute approximate surface area is 167 Å². The molecule has 150 valence electrons. The second-order valence-corrected chi connectivity index (χ2v) is 7.28. The number of piperidine rings is 1. The lowest BCUT2D eigenvalue weighted by molar-refractivity contribution is -0.152. The van der Waals surface area contributed by atoms with Crippen LogP contribution >= 0.6 is 0 Å². The fourth-order valence-electron chi connectivity index (χ4n) is 3.84. The topological polar surface area (TPSA) is 64.8 Å². The molecule has 0 saturated carbocycles. The first kappa shape index (κ1) is 20.2. The molecule has 0 aromatic heterocycles. The monoisotopic (exact) mass is 382 g/mol. The van der Waals surface area contributed by atoms with Crippen molar-refractivity contribution in [2.75, 3.05) is 38.6 Å². The van der Waals surface area contributed by atoms with Crippen molar-refractivity contribution >= 4 is 11.7 Å². The largest absolute Gasteiger partial charge is 0.494 e. The van der Waals surface area contributed by atoms with Crippen molar-refractivity contribution < 1.29 is 14.3 Å². The number of benzene rings is 2. The summed E-state index contributed by atoms with van der Waals surface area (Å²) in [7, 11) is 0. The summed E-state index contributed by atoms with van der Waals surface area (Å²) in [5, 5.41) is 0. The van der Waals surface area contributed by atoms with Crippen LogP contribution in [0.3, 0.4) is 0 Å². The van der Waals surface area contributed by atoms with Gasteiger partial charge in [-0.25, -0.2) is 0 Å². The van der Waals surface area contributed by atoms with Gasteiger partial charge >= 0.3 is 5.97 Å². The predicted octanol–water partition coefficient (Wildman–Crippen LogP) is 3.63. The summed E-state index contributed by atoms with van der Waals surface area (Å²) in [6.45, 7) is 5.68. The Morgan fingerprint density at radius 3 is 2.39 bits per heavy atom. The molecule has 0 aliphatic carbocycles. The lowest BCUT2D eigenvalue weighted by atomic mass is 9.72. The van der Waals surface area contributed by atoms with E-state index in [9.17, 15) is 4.79 Å². The number of hydrogen-bond acceptors (Lipinski definition) is 5. The molecule has 0 unspecified atom stereocenters. The normalized spacial score (nSPS) is 16.5. The Balaban J connectivity index is 1.51. The van der Waals surface area contributed by atoms with Gasteiger partial charge in [-0.2, -0.15) is 0 Å². The number of likely N-dealkylation sites (tertiary alicyclic amines) is 1. The van der Waals surface area contributed by atoms with E-state index in [0.717, 1.165) is 55.9 Å². The second-order valence-electron chi connectivity index (χ2n) is 7.28. The van der Waals surface area contributed by atoms with Crippen molar-refractivity contribution in [3.63, 3.8) is 0 Å². The molecular formula is C23H30N2O3. The van der Waals surface area contributed by atoms with Crippen LogP contribution in [0.5, 0.6) is 5.75 Å². The van der Waals surface area contributed by atoms with E-state index in [1.807, 2.05) is 61.5 Å². The lowest BCUT2D eigenvalue weighted by Gasteiger charge is -2.40. The number of nitrogens with two attached hydrogens (primary N) is 1. The first-order chi connectivity index (χ1) is 13.6. The van der Waals surface area contributed by atoms with Crippen molar-refractivity contribution in [2.45, 2.75) is 31.6 Å². The molecule has 2 N–H and O–H groups in total. The van der Waals surface area contributed by atoms with Crippen molar-refractivity contribution in [2.24, 2.45) is 0 Å². The van der Waals surface area contributed by atoms with Crippen LogP contribution in [0.15, 0.2) is 54.6 Å². The molecule has 1 aliphatic rings. The summed E-state index contributed by atoms with van der Waals surface area (Å²) in [6.07, 6.45) is 2.52. The van der Waals surface area contributed by atoms with Gasteiger partial charge in [-0.1, -0.05) is 30.3 Å². The number of anilines is 1. The Hall–Kier alpha value is -2.53. The average Bonchev–Trinajstić information content (AvgIpc) is 2.74. The standard InChI is InChI=1S/C23H30N2O3/c1-2-27-22(26)23(19-7-4-3-5-8-19)13-16-25(17-14-23)15-6-18-28-21-11-9-20(24)10-12-21/h3-5,7-12H,2,6,13-18,24H2,1H3. The number of nitrogen functional groups attached to an aromatic ring is 1. The smallest absolute Gasteiger partial charge is 0.316 e. The summed E-state index contributed by atoms with van der Waals surface area (Å²) in [6, 6.07) is 17.6. The molecule has 0 radical (unpaired) electrons. The van der Waals surface area contributed by atoms with Gasteiger partial charge in [0.1, 0.15) is 5.75 Å². The van der Waals surface area contributed by atoms with Gasteiger partial charge in [-0.05, 0) is 69.1 Å². The highest BCUT2D eigenvalue weighted by Crippen LogP contribution is 2.37. The Kier molecular flexibility index (Phi) is 6.93. The SMILES string of the molecule is CCOC(=O)C1(c2ccccc2)CCN(CCCOc2ccc(N)cc2)CC1. The van der Waals surface area contributed by atoms with Crippen molar-refractivity contribution in [1.29, 1.82) is 0 Å². The minimum Gasteiger partial charge on any atom is -0.494 e. The second kappa shape index (κ2) is 9.60. The Morgan fingerprint density at radius 1 is 1.07 bits per heavy atom. The minimum atomic E-state index is -0.520. The van der Waals surface area contributed by atoms with E-state index >= 15 is 0 Å². The molecule has 2 aromatic rings. The summed E-state index contributed by atoms with van der Waals surface area (Å²) >= 11 is 0. The first-order valence-corrected chi connectivity index (χ1v) is 10.1.